The number of aryl methyl sites for hydroxylation is 4. The van der Waals surface area contributed by atoms with Crippen LogP contribution in [0.5, 0.6) is 0 Å². The van der Waals surface area contributed by atoms with Crippen molar-refractivity contribution >= 4 is 43.0 Å². The van der Waals surface area contributed by atoms with Crippen LogP contribution in [0.1, 0.15) is 29.2 Å². The Bertz CT molecular complexity index is 1750. The molecule has 0 atom stereocenters. The van der Waals surface area contributed by atoms with Gasteiger partial charge in [-0.1, -0.05) is 48.9 Å². The molecule has 2 N–H and O–H groups in total. The van der Waals surface area contributed by atoms with Gasteiger partial charge in [-0.25, -0.2) is 16.8 Å². The molecule has 4 aromatic carbocycles. The van der Waals surface area contributed by atoms with Crippen molar-refractivity contribution < 1.29 is 21.6 Å². The van der Waals surface area contributed by atoms with Crippen molar-refractivity contribution in [3.8, 4) is 0 Å². The molecule has 1 amide bonds. The van der Waals surface area contributed by atoms with E-state index >= 15 is 0 Å². The van der Waals surface area contributed by atoms with Crippen molar-refractivity contribution in [3.63, 3.8) is 0 Å². The number of nitrogens with one attached hydrogen (secondary N) is 2. The van der Waals surface area contributed by atoms with E-state index in [0.717, 1.165) is 33.0 Å². The molecule has 0 unspecified atom stereocenters. The lowest BCUT2D eigenvalue weighted by molar-refractivity contribution is -0.114. The highest BCUT2D eigenvalue weighted by molar-refractivity contribution is 7.93. The zero-order valence-corrected chi connectivity index (χ0v) is 25.0. The summed E-state index contributed by atoms with van der Waals surface area (Å²) in [5.41, 5.74) is 4.84. The summed E-state index contributed by atoms with van der Waals surface area (Å²) in [7, 11) is -7.92. The Hall–Kier alpha value is -4.15. The fraction of sp³-hybridized carbons (Fsp3) is 0.194. The van der Waals surface area contributed by atoms with Crippen LogP contribution in [0.15, 0.2) is 101 Å². The molecule has 4 rings (SSSR count). The maximum atomic E-state index is 13.6. The summed E-state index contributed by atoms with van der Waals surface area (Å²) in [5.74, 6) is -0.579. The summed E-state index contributed by atoms with van der Waals surface area (Å²) in [6, 6.07) is 24.6. The number of hydrogen-bond acceptors (Lipinski definition) is 5. The van der Waals surface area contributed by atoms with Gasteiger partial charge < -0.3 is 5.32 Å². The Balaban J connectivity index is 1.54. The molecule has 8 nitrogen and oxygen atoms in total. The van der Waals surface area contributed by atoms with Crippen LogP contribution in [-0.4, -0.2) is 29.3 Å². The third-order valence-corrected chi connectivity index (χ3v) is 9.78. The third-order valence-electron chi connectivity index (χ3n) is 6.61. The lowest BCUT2D eigenvalue weighted by Gasteiger charge is -2.24. The topological polar surface area (TPSA) is 113 Å². The van der Waals surface area contributed by atoms with Gasteiger partial charge in [0.15, 0.2) is 0 Å². The van der Waals surface area contributed by atoms with Gasteiger partial charge in [-0.3, -0.25) is 13.8 Å². The van der Waals surface area contributed by atoms with Crippen molar-refractivity contribution in [3.05, 3.63) is 113 Å². The first-order valence-corrected chi connectivity index (χ1v) is 16.0. The predicted octanol–water partition coefficient (Wildman–Crippen LogP) is 5.81. The molecular formula is C31H33N3O5S2. The first kappa shape index (κ1) is 29.8. The molecule has 0 spiro atoms. The Morgan fingerprint density at radius 1 is 0.732 bits per heavy atom. The number of hydrogen-bond donors (Lipinski definition) is 2. The number of sulfonamides is 2. The van der Waals surface area contributed by atoms with Crippen molar-refractivity contribution in [2.45, 2.75) is 43.9 Å². The Labute approximate surface area is 242 Å². The molecular weight excluding hydrogens is 558 g/mol. The molecule has 0 saturated carbocycles. The first-order chi connectivity index (χ1) is 19.4. The Morgan fingerprint density at radius 2 is 1.32 bits per heavy atom. The molecule has 10 heteroatoms. The summed E-state index contributed by atoms with van der Waals surface area (Å²) in [6.07, 6.45) is 0.789. The van der Waals surface area contributed by atoms with Crippen LogP contribution in [0.2, 0.25) is 0 Å². The molecule has 0 fully saturated rings. The van der Waals surface area contributed by atoms with E-state index in [-0.39, 0.29) is 9.79 Å². The van der Waals surface area contributed by atoms with E-state index in [1.54, 1.807) is 30.3 Å². The van der Waals surface area contributed by atoms with E-state index < -0.39 is 32.5 Å². The molecule has 0 saturated heterocycles. The second kappa shape index (κ2) is 12.2. The average molecular weight is 592 g/mol. The van der Waals surface area contributed by atoms with Crippen LogP contribution < -0.4 is 14.3 Å². The Morgan fingerprint density at radius 3 is 1.93 bits per heavy atom. The quantitative estimate of drug-likeness (QED) is 0.242. The van der Waals surface area contributed by atoms with Crippen molar-refractivity contribution in [2.75, 3.05) is 20.9 Å². The highest BCUT2D eigenvalue weighted by atomic mass is 32.2. The van der Waals surface area contributed by atoms with E-state index in [2.05, 4.69) is 10.0 Å². The minimum Gasteiger partial charge on any atom is -0.325 e. The number of anilines is 3. The van der Waals surface area contributed by atoms with Crippen molar-refractivity contribution in [1.29, 1.82) is 0 Å². The van der Waals surface area contributed by atoms with Gasteiger partial charge in [0.25, 0.3) is 20.0 Å². The summed E-state index contributed by atoms with van der Waals surface area (Å²) in [4.78, 5) is 13.2. The van der Waals surface area contributed by atoms with Crippen LogP contribution in [0.25, 0.3) is 0 Å². The van der Waals surface area contributed by atoms with Gasteiger partial charge in [-0.05, 0) is 98.5 Å². The van der Waals surface area contributed by atoms with Crippen LogP contribution in [0, 0.1) is 20.8 Å². The molecule has 4 aromatic rings. The fourth-order valence-corrected chi connectivity index (χ4v) is 6.69. The van der Waals surface area contributed by atoms with E-state index in [0.29, 0.717) is 17.1 Å². The van der Waals surface area contributed by atoms with Crippen molar-refractivity contribution in [1.82, 2.24) is 0 Å². The van der Waals surface area contributed by atoms with Crippen LogP contribution >= 0.6 is 0 Å². The van der Waals surface area contributed by atoms with Gasteiger partial charge >= 0.3 is 0 Å². The van der Waals surface area contributed by atoms with Gasteiger partial charge in [0.05, 0.1) is 21.2 Å². The van der Waals surface area contributed by atoms with Crippen molar-refractivity contribution in [2.24, 2.45) is 0 Å². The highest BCUT2D eigenvalue weighted by Gasteiger charge is 2.27. The highest BCUT2D eigenvalue weighted by Crippen LogP contribution is 2.26. The maximum absolute atomic E-state index is 13.6. The average Bonchev–Trinajstić information content (AvgIpc) is 2.94. The standard InChI is InChI=1S/C31H33N3O5S2/c1-5-25-10-14-27(15-11-25)34(41(38,39)29-16-7-22(2)8-17-29)21-31(35)32-26-12-18-28(19-13-26)40(36,37)33-30-20-23(3)6-9-24(30)4/h6-20,33H,5,21H2,1-4H3,(H,32,35). The number of nitrogens with zero attached hydrogens (tertiary/aromatic N) is 1. The molecule has 214 valence electrons. The van der Waals surface area contributed by atoms with Crippen LogP contribution in [-0.2, 0) is 31.3 Å². The third kappa shape index (κ3) is 7.14. The lowest BCUT2D eigenvalue weighted by atomic mass is 10.1. The van der Waals surface area contributed by atoms with Gasteiger partial charge in [-0.2, -0.15) is 0 Å². The second-order valence-corrected chi connectivity index (χ2v) is 13.4. The number of carbonyl (C=O) groups is 1. The van der Waals surface area contributed by atoms with Gasteiger partial charge in [-0.15, -0.1) is 0 Å². The molecule has 0 bridgehead atoms. The normalized spacial score (nSPS) is 11.6. The zero-order chi connectivity index (χ0) is 29.8. The zero-order valence-electron chi connectivity index (χ0n) is 23.4. The molecule has 0 aliphatic carbocycles. The summed E-state index contributed by atoms with van der Waals surface area (Å²) in [6.45, 7) is 7.08. The number of benzene rings is 4. The van der Waals surface area contributed by atoms with E-state index in [4.69, 9.17) is 0 Å². The molecule has 0 aliphatic heterocycles. The summed E-state index contributed by atoms with van der Waals surface area (Å²) >= 11 is 0. The smallest absolute Gasteiger partial charge is 0.264 e. The number of rotatable bonds is 10. The lowest BCUT2D eigenvalue weighted by Crippen LogP contribution is -2.38. The predicted molar refractivity (Wildman–Crippen MR) is 163 cm³/mol. The molecule has 0 heterocycles. The number of amides is 1. The van der Waals surface area contributed by atoms with Gasteiger partial charge in [0.1, 0.15) is 6.54 Å². The largest absolute Gasteiger partial charge is 0.325 e. The van der Waals surface area contributed by atoms with E-state index in [1.165, 1.54) is 36.4 Å². The minimum absolute atomic E-state index is 0.0241. The summed E-state index contributed by atoms with van der Waals surface area (Å²) in [5, 5.41) is 2.68. The molecule has 0 aliphatic rings. The van der Waals surface area contributed by atoms with Crippen LogP contribution in [0.4, 0.5) is 17.1 Å². The van der Waals surface area contributed by atoms with Gasteiger partial charge in [0.2, 0.25) is 5.91 Å². The fourth-order valence-electron chi connectivity index (χ4n) is 4.15. The molecule has 0 aromatic heterocycles. The maximum Gasteiger partial charge on any atom is 0.264 e. The minimum atomic E-state index is -4.06. The number of carbonyl (C=O) groups excluding carboxylic acids is 1. The monoisotopic (exact) mass is 591 g/mol. The second-order valence-electron chi connectivity index (χ2n) is 9.84. The summed E-state index contributed by atoms with van der Waals surface area (Å²) < 4.78 is 56.8. The van der Waals surface area contributed by atoms with E-state index in [9.17, 15) is 21.6 Å². The molecule has 0 radical (unpaired) electrons. The molecule has 41 heavy (non-hydrogen) atoms. The van der Waals surface area contributed by atoms with Crippen LogP contribution in [0.3, 0.4) is 0 Å². The SMILES string of the molecule is CCc1ccc(N(CC(=O)Nc2ccc(S(=O)(=O)Nc3cc(C)ccc3C)cc2)S(=O)(=O)c2ccc(C)cc2)cc1. The van der Waals surface area contributed by atoms with Gasteiger partial charge in [0, 0.05) is 5.69 Å². The Kier molecular flexibility index (Phi) is 8.84. The van der Waals surface area contributed by atoms with E-state index in [1.807, 2.05) is 52.0 Å². The first-order valence-electron chi connectivity index (χ1n) is 13.1.